The molecule has 0 unspecified atom stereocenters. The maximum absolute atomic E-state index is 13.2. The molecule has 3 aromatic rings. The van der Waals surface area contributed by atoms with Gasteiger partial charge >= 0.3 is 0 Å². The topological polar surface area (TPSA) is 138 Å². The van der Waals surface area contributed by atoms with E-state index >= 15 is 0 Å². The number of aromatic nitrogens is 4. The second-order valence-electron chi connectivity index (χ2n) is 7.94. The Balaban J connectivity index is 1.51. The summed E-state index contributed by atoms with van der Waals surface area (Å²) < 4.78 is 16.4. The number of aryl methyl sites for hydroxylation is 3. The fourth-order valence-electron chi connectivity index (χ4n) is 3.83. The van der Waals surface area contributed by atoms with Gasteiger partial charge in [-0.15, -0.1) is 0 Å². The number of carbonyl (C=O) groups is 1. The third-order valence-electron chi connectivity index (χ3n) is 5.66. The first-order valence-corrected chi connectivity index (χ1v) is 11.1. The van der Waals surface area contributed by atoms with Gasteiger partial charge in [-0.25, -0.2) is 9.07 Å². The molecule has 0 aliphatic carbocycles. The lowest BCUT2D eigenvalue weighted by Gasteiger charge is -2.06. The predicted octanol–water partition coefficient (Wildman–Crippen LogP) is 2.87. The van der Waals surface area contributed by atoms with Crippen LogP contribution in [-0.2, 0) is 24.2 Å². The number of amides is 1. The Morgan fingerprint density at radius 3 is 2.59 bits per heavy atom. The van der Waals surface area contributed by atoms with Crippen LogP contribution in [0.3, 0.4) is 0 Å². The molecule has 3 rings (SSSR count). The van der Waals surface area contributed by atoms with Gasteiger partial charge in [-0.05, 0) is 62.9 Å². The van der Waals surface area contributed by atoms with E-state index in [1.54, 1.807) is 12.1 Å². The molecule has 1 aromatic carbocycles. The van der Waals surface area contributed by atoms with E-state index in [2.05, 4.69) is 27.7 Å². The molecule has 0 aliphatic heterocycles. The number of nitriles is 2. The van der Waals surface area contributed by atoms with Gasteiger partial charge in [0.15, 0.2) is 0 Å². The molecule has 0 spiro atoms. The number of benzene rings is 1. The zero-order chi connectivity index (χ0) is 24.7. The summed E-state index contributed by atoms with van der Waals surface area (Å²) >= 11 is 0. The lowest BCUT2D eigenvalue weighted by molar-refractivity contribution is -0.121. The summed E-state index contributed by atoms with van der Waals surface area (Å²) in [6, 6.07) is 9.89. The van der Waals surface area contributed by atoms with E-state index in [-0.39, 0.29) is 23.1 Å². The van der Waals surface area contributed by atoms with Gasteiger partial charge in [0.2, 0.25) is 5.91 Å². The summed E-state index contributed by atoms with van der Waals surface area (Å²) in [4.78, 5) is 12.3. The van der Waals surface area contributed by atoms with Crippen LogP contribution in [0.5, 0.6) is 0 Å². The van der Waals surface area contributed by atoms with Crippen molar-refractivity contribution in [1.29, 1.82) is 10.5 Å². The first-order chi connectivity index (χ1) is 16.3. The molecule has 0 bridgehead atoms. The van der Waals surface area contributed by atoms with Crippen LogP contribution in [0.15, 0.2) is 24.3 Å². The van der Waals surface area contributed by atoms with Crippen LogP contribution in [0.25, 0.3) is 5.69 Å². The number of nitrogen functional groups attached to an aromatic ring is 1. The van der Waals surface area contributed by atoms with Gasteiger partial charge in [0.25, 0.3) is 0 Å². The quantitative estimate of drug-likeness (QED) is 0.444. The second-order valence-corrected chi connectivity index (χ2v) is 7.94. The highest BCUT2D eigenvalue weighted by Crippen LogP contribution is 2.22. The number of rotatable bonds is 10. The minimum atomic E-state index is -0.371. The van der Waals surface area contributed by atoms with Crippen LogP contribution in [0.4, 0.5) is 10.2 Å². The highest BCUT2D eigenvalue weighted by atomic mass is 19.1. The van der Waals surface area contributed by atoms with Crippen molar-refractivity contribution in [3.05, 3.63) is 58.3 Å². The smallest absolute Gasteiger partial charge is 0.220 e. The van der Waals surface area contributed by atoms with Crippen molar-refractivity contribution >= 4 is 11.7 Å². The van der Waals surface area contributed by atoms with Crippen LogP contribution >= 0.6 is 0 Å². The molecule has 2 heterocycles. The Hall–Kier alpha value is -4.18. The molecular formula is C24H27FN8O. The monoisotopic (exact) mass is 462 g/mol. The summed E-state index contributed by atoms with van der Waals surface area (Å²) in [5, 5.41) is 30.0. The molecular weight excluding hydrogens is 435 g/mol. The average Bonchev–Trinajstić information content (AvgIpc) is 3.28. The van der Waals surface area contributed by atoms with Gasteiger partial charge in [-0.3, -0.25) is 9.48 Å². The Morgan fingerprint density at radius 1 is 1.18 bits per heavy atom. The maximum atomic E-state index is 13.2. The molecule has 1 amide bonds. The van der Waals surface area contributed by atoms with E-state index in [4.69, 9.17) is 11.0 Å². The molecule has 0 aliphatic rings. The molecule has 9 nitrogen and oxygen atoms in total. The Kier molecular flexibility index (Phi) is 7.99. The number of nitrogens with zero attached hydrogens (tertiary/aromatic N) is 6. The molecule has 0 saturated carbocycles. The van der Waals surface area contributed by atoms with Crippen molar-refractivity contribution < 1.29 is 9.18 Å². The van der Waals surface area contributed by atoms with Crippen molar-refractivity contribution in [1.82, 2.24) is 24.9 Å². The minimum absolute atomic E-state index is 0.0690. The number of nitrogens with two attached hydrogens (primary N) is 1. The number of halogens is 1. The molecule has 0 radical (unpaired) electrons. The summed E-state index contributed by atoms with van der Waals surface area (Å²) in [6.07, 6.45) is 2.35. The molecule has 0 atom stereocenters. The maximum Gasteiger partial charge on any atom is 0.220 e. The summed E-state index contributed by atoms with van der Waals surface area (Å²) in [5.41, 5.74) is 10.4. The Bertz CT molecular complexity index is 1240. The number of anilines is 1. The van der Waals surface area contributed by atoms with Gasteiger partial charge in [0.1, 0.15) is 23.3 Å². The van der Waals surface area contributed by atoms with E-state index in [1.165, 1.54) is 16.8 Å². The normalized spacial score (nSPS) is 10.6. The molecule has 0 saturated heterocycles. The largest absolute Gasteiger partial charge is 0.382 e. The molecule has 10 heteroatoms. The fraction of sp³-hybridized carbons (Fsp3) is 0.375. The van der Waals surface area contributed by atoms with Crippen LogP contribution in [-0.4, -0.2) is 32.0 Å². The van der Waals surface area contributed by atoms with Gasteiger partial charge in [-0.1, -0.05) is 0 Å². The van der Waals surface area contributed by atoms with Crippen LogP contribution < -0.4 is 11.1 Å². The van der Waals surface area contributed by atoms with Crippen molar-refractivity contribution in [2.75, 3.05) is 12.3 Å². The van der Waals surface area contributed by atoms with E-state index in [1.807, 2.05) is 18.5 Å². The van der Waals surface area contributed by atoms with Crippen molar-refractivity contribution in [2.45, 2.75) is 52.5 Å². The van der Waals surface area contributed by atoms with E-state index in [0.29, 0.717) is 56.6 Å². The van der Waals surface area contributed by atoms with E-state index in [0.717, 1.165) is 17.0 Å². The first-order valence-electron chi connectivity index (χ1n) is 11.1. The van der Waals surface area contributed by atoms with Crippen molar-refractivity contribution in [3.8, 4) is 17.8 Å². The highest BCUT2D eigenvalue weighted by Gasteiger charge is 2.17. The average molecular weight is 463 g/mol. The van der Waals surface area contributed by atoms with Gasteiger partial charge in [0.05, 0.1) is 36.1 Å². The van der Waals surface area contributed by atoms with Gasteiger partial charge < -0.3 is 11.1 Å². The zero-order valence-electron chi connectivity index (χ0n) is 19.3. The SMILES string of the molecule is Cc1nn(CCC#N)c(C)c1CCC(=O)NCCCc1nn(-c2ccc(F)cc2)c(N)c1C#N. The Labute approximate surface area is 197 Å². The van der Waals surface area contributed by atoms with E-state index < -0.39 is 0 Å². The standard InChI is InChI=1S/C24H27FN8O/c1-16-20(17(2)32(30-16)14-4-12-26)10-11-23(34)29-13-3-5-22-21(15-27)24(28)33(31-22)19-8-6-18(25)7-9-19/h6-9H,3-5,10-11,13-14,28H2,1-2H3,(H,29,34). The van der Waals surface area contributed by atoms with Crippen LogP contribution in [0.1, 0.15) is 47.5 Å². The lowest BCUT2D eigenvalue weighted by Crippen LogP contribution is -2.25. The first kappa shape index (κ1) is 24.5. The minimum Gasteiger partial charge on any atom is -0.382 e. The van der Waals surface area contributed by atoms with Crippen molar-refractivity contribution in [3.63, 3.8) is 0 Å². The van der Waals surface area contributed by atoms with Crippen LogP contribution in [0, 0.1) is 42.3 Å². The highest BCUT2D eigenvalue weighted by molar-refractivity contribution is 5.76. The molecule has 34 heavy (non-hydrogen) atoms. The van der Waals surface area contributed by atoms with Crippen LogP contribution in [0.2, 0.25) is 0 Å². The number of carbonyl (C=O) groups excluding carboxylic acids is 1. The summed E-state index contributed by atoms with van der Waals surface area (Å²) in [7, 11) is 0. The number of hydrogen-bond acceptors (Lipinski definition) is 6. The van der Waals surface area contributed by atoms with Gasteiger partial charge in [0, 0.05) is 18.7 Å². The zero-order valence-corrected chi connectivity index (χ0v) is 19.3. The molecule has 2 aromatic heterocycles. The van der Waals surface area contributed by atoms with Gasteiger partial charge in [-0.2, -0.15) is 20.7 Å². The second kappa shape index (κ2) is 11.1. The molecule has 0 fully saturated rings. The lowest BCUT2D eigenvalue weighted by atomic mass is 10.1. The van der Waals surface area contributed by atoms with E-state index in [9.17, 15) is 14.4 Å². The predicted molar refractivity (Wildman–Crippen MR) is 124 cm³/mol. The Morgan fingerprint density at radius 2 is 1.91 bits per heavy atom. The summed E-state index contributed by atoms with van der Waals surface area (Å²) in [6.45, 7) is 4.84. The fourth-order valence-corrected chi connectivity index (χ4v) is 3.83. The number of hydrogen-bond donors (Lipinski definition) is 2. The number of nitrogens with one attached hydrogen (secondary N) is 1. The van der Waals surface area contributed by atoms with Crippen molar-refractivity contribution in [2.24, 2.45) is 0 Å². The summed E-state index contributed by atoms with van der Waals surface area (Å²) in [5.74, 6) is -0.237. The third-order valence-corrected chi connectivity index (χ3v) is 5.66. The molecule has 3 N–H and O–H groups in total. The molecule has 176 valence electrons. The third kappa shape index (κ3) is 5.59.